The van der Waals surface area contributed by atoms with Gasteiger partial charge < -0.3 is 16.0 Å². The van der Waals surface area contributed by atoms with Crippen molar-refractivity contribution >= 4 is 52.6 Å². The first kappa shape index (κ1) is 32.3. The molecule has 9 nitrogen and oxygen atoms in total. The van der Waals surface area contributed by atoms with Gasteiger partial charge >= 0.3 is 0 Å². The number of nitro groups is 1. The van der Waals surface area contributed by atoms with E-state index >= 15 is 0 Å². The SMILES string of the molecule is O=C(Nc1cccc(SC(C(=O)Nc2ccc([N+](=O)[O-])cc2)c2ccccc2)c1)/C(=C/c1ccccc1F)NC(=O)c1ccccc1. The minimum absolute atomic E-state index is 0.0950. The molecule has 0 aromatic heterocycles. The molecule has 47 heavy (non-hydrogen) atoms. The van der Waals surface area contributed by atoms with Gasteiger partial charge in [-0.2, -0.15) is 0 Å². The minimum Gasteiger partial charge on any atom is -0.325 e. The molecule has 0 aliphatic carbocycles. The lowest BCUT2D eigenvalue weighted by Crippen LogP contribution is -2.30. The van der Waals surface area contributed by atoms with Gasteiger partial charge in [-0.1, -0.05) is 72.8 Å². The molecule has 0 saturated carbocycles. The number of nitrogens with one attached hydrogen (secondary N) is 3. The molecule has 5 aromatic carbocycles. The fraction of sp³-hybridized carbons (Fsp3) is 0.0278. The third-order valence-corrected chi connectivity index (χ3v) is 8.01. The molecular formula is C36H27FN4O5S. The predicted molar refractivity (Wildman–Crippen MR) is 180 cm³/mol. The number of halogens is 1. The van der Waals surface area contributed by atoms with Crippen LogP contribution in [0.25, 0.3) is 6.08 Å². The first-order chi connectivity index (χ1) is 22.8. The van der Waals surface area contributed by atoms with Crippen molar-refractivity contribution < 1.29 is 23.7 Å². The number of carbonyl (C=O) groups excluding carboxylic acids is 3. The Bertz CT molecular complexity index is 1940. The number of hydrogen-bond acceptors (Lipinski definition) is 6. The summed E-state index contributed by atoms with van der Waals surface area (Å²) in [5.74, 6) is -2.15. The summed E-state index contributed by atoms with van der Waals surface area (Å²) in [5, 5.41) is 18.5. The quantitative estimate of drug-likeness (QED) is 0.0586. The van der Waals surface area contributed by atoms with Crippen LogP contribution in [0.2, 0.25) is 0 Å². The van der Waals surface area contributed by atoms with E-state index in [1.165, 1.54) is 60.3 Å². The second-order valence-electron chi connectivity index (χ2n) is 10.1. The minimum atomic E-state index is -0.723. The van der Waals surface area contributed by atoms with Crippen LogP contribution in [-0.4, -0.2) is 22.6 Å². The van der Waals surface area contributed by atoms with E-state index in [1.807, 2.05) is 30.3 Å². The molecule has 0 spiro atoms. The molecule has 1 unspecified atom stereocenters. The monoisotopic (exact) mass is 646 g/mol. The normalized spacial score (nSPS) is 11.6. The second kappa shape index (κ2) is 15.3. The van der Waals surface area contributed by atoms with Crippen molar-refractivity contribution in [1.82, 2.24) is 5.32 Å². The van der Waals surface area contributed by atoms with Gasteiger partial charge in [-0.05, 0) is 60.2 Å². The molecule has 5 aromatic rings. The van der Waals surface area contributed by atoms with Gasteiger partial charge in [0.1, 0.15) is 16.8 Å². The number of hydrogen-bond donors (Lipinski definition) is 3. The predicted octanol–water partition coefficient (Wildman–Crippen LogP) is 7.62. The van der Waals surface area contributed by atoms with Crippen LogP contribution in [0.15, 0.2) is 144 Å². The smallest absolute Gasteiger partial charge is 0.272 e. The maximum atomic E-state index is 14.5. The number of nitro benzene ring substituents is 1. The Morgan fingerprint density at radius 3 is 2.09 bits per heavy atom. The molecular weight excluding hydrogens is 619 g/mol. The van der Waals surface area contributed by atoms with E-state index in [9.17, 15) is 28.9 Å². The van der Waals surface area contributed by atoms with E-state index < -0.39 is 27.8 Å². The maximum Gasteiger partial charge on any atom is 0.272 e. The van der Waals surface area contributed by atoms with E-state index in [0.717, 1.165) is 0 Å². The molecule has 0 heterocycles. The van der Waals surface area contributed by atoms with Crippen molar-refractivity contribution in [2.24, 2.45) is 0 Å². The lowest BCUT2D eigenvalue weighted by atomic mass is 10.1. The summed E-state index contributed by atoms with van der Waals surface area (Å²) in [6, 6.07) is 35.6. The Morgan fingerprint density at radius 1 is 0.745 bits per heavy atom. The number of thioether (sulfide) groups is 1. The molecule has 11 heteroatoms. The third-order valence-electron chi connectivity index (χ3n) is 6.77. The summed E-state index contributed by atoms with van der Waals surface area (Å²) in [5.41, 5.74) is 1.64. The van der Waals surface area contributed by atoms with Crippen molar-refractivity contribution in [3.63, 3.8) is 0 Å². The highest BCUT2D eigenvalue weighted by molar-refractivity contribution is 8.00. The van der Waals surface area contributed by atoms with Crippen molar-refractivity contribution in [3.8, 4) is 0 Å². The van der Waals surface area contributed by atoms with Crippen LogP contribution in [0.4, 0.5) is 21.5 Å². The molecule has 5 rings (SSSR count). The number of benzene rings is 5. The lowest BCUT2D eigenvalue weighted by Gasteiger charge is -2.18. The Balaban J connectivity index is 1.37. The molecule has 0 aliphatic heterocycles. The number of carbonyl (C=O) groups is 3. The summed E-state index contributed by atoms with van der Waals surface area (Å²) in [7, 11) is 0. The second-order valence-corrected chi connectivity index (χ2v) is 11.3. The zero-order valence-corrected chi connectivity index (χ0v) is 25.4. The van der Waals surface area contributed by atoms with Crippen LogP contribution in [0.3, 0.4) is 0 Å². The van der Waals surface area contributed by atoms with E-state index in [0.29, 0.717) is 27.4 Å². The number of amides is 3. The van der Waals surface area contributed by atoms with Gasteiger partial charge in [-0.15, -0.1) is 11.8 Å². The average Bonchev–Trinajstić information content (AvgIpc) is 3.09. The van der Waals surface area contributed by atoms with Gasteiger partial charge in [0.2, 0.25) is 5.91 Å². The zero-order valence-electron chi connectivity index (χ0n) is 24.6. The summed E-state index contributed by atoms with van der Waals surface area (Å²) in [6.07, 6.45) is 1.26. The Labute approximate surface area is 273 Å². The van der Waals surface area contributed by atoms with Gasteiger partial charge in [0.05, 0.1) is 4.92 Å². The van der Waals surface area contributed by atoms with E-state index in [2.05, 4.69) is 16.0 Å². The van der Waals surface area contributed by atoms with E-state index in [-0.39, 0.29) is 22.9 Å². The topological polar surface area (TPSA) is 130 Å². The zero-order chi connectivity index (χ0) is 33.2. The Morgan fingerprint density at radius 2 is 1.40 bits per heavy atom. The first-order valence-electron chi connectivity index (χ1n) is 14.3. The third kappa shape index (κ3) is 8.77. The Hall–Kier alpha value is -6.07. The van der Waals surface area contributed by atoms with Gasteiger partial charge in [-0.3, -0.25) is 24.5 Å². The highest BCUT2D eigenvalue weighted by atomic mass is 32.2. The van der Waals surface area contributed by atoms with Gasteiger partial charge in [-0.25, -0.2) is 4.39 Å². The van der Waals surface area contributed by atoms with Crippen LogP contribution in [0.1, 0.15) is 26.7 Å². The first-order valence-corrected chi connectivity index (χ1v) is 15.2. The number of anilines is 2. The van der Waals surface area contributed by atoms with Crippen LogP contribution >= 0.6 is 11.8 Å². The number of non-ortho nitro benzene ring substituents is 1. The van der Waals surface area contributed by atoms with Crippen LogP contribution in [0, 0.1) is 15.9 Å². The van der Waals surface area contributed by atoms with Gasteiger partial charge in [0, 0.05) is 39.5 Å². The summed E-state index contributed by atoms with van der Waals surface area (Å²) in [4.78, 5) is 51.1. The summed E-state index contributed by atoms with van der Waals surface area (Å²) >= 11 is 1.23. The van der Waals surface area contributed by atoms with E-state index in [4.69, 9.17) is 0 Å². The van der Waals surface area contributed by atoms with Crippen LogP contribution < -0.4 is 16.0 Å². The maximum absolute atomic E-state index is 14.5. The molecule has 234 valence electrons. The number of rotatable bonds is 11. The lowest BCUT2D eigenvalue weighted by molar-refractivity contribution is -0.384. The largest absolute Gasteiger partial charge is 0.325 e. The van der Waals surface area contributed by atoms with Crippen LogP contribution in [-0.2, 0) is 9.59 Å². The van der Waals surface area contributed by atoms with Gasteiger partial charge in [0.15, 0.2) is 0 Å². The molecule has 0 saturated heterocycles. The molecule has 3 N–H and O–H groups in total. The summed E-state index contributed by atoms with van der Waals surface area (Å²) in [6.45, 7) is 0. The molecule has 1 atom stereocenters. The molecule has 0 bridgehead atoms. The van der Waals surface area contributed by atoms with E-state index in [1.54, 1.807) is 60.7 Å². The van der Waals surface area contributed by atoms with Crippen molar-refractivity contribution in [2.75, 3.05) is 10.6 Å². The van der Waals surface area contributed by atoms with Crippen molar-refractivity contribution in [1.29, 1.82) is 0 Å². The summed E-state index contributed by atoms with van der Waals surface area (Å²) < 4.78 is 14.5. The number of nitrogens with zero attached hydrogens (tertiary/aromatic N) is 1. The fourth-order valence-electron chi connectivity index (χ4n) is 4.45. The fourth-order valence-corrected chi connectivity index (χ4v) is 5.53. The average molecular weight is 647 g/mol. The van der Waals surface area contributed by atoms with Crippen molar-refractivity contribution in [2.45, 2.75) is 10.1 Å². The molecule has 0 radical (unpaired) electrons. The molecule has 0 aliphatic rings. The van der Waals surface area contributed by atoms with Crippen molar-refractivity contribution in [3.05, 3.63) is 172 Å². The highest BCUT2D eigenvalue weighted by Crippen LogP contribution is 2.37. The highest BCUT2D eigenvalue weighted by Gasteiger charge is 2.23. The van der Waals surface area contributed by atoms with Crippen LogP contribution in [0.5, 0.6) is 0 Å². The standard InChI is InChI=1S/C36H27FN4O5S/c37-31-17-8-7-14-26(31)22-32(40-34(42)25-12-5-2-6-13-25)35(43)39-28-15-9-16-30(23-28)47-33(24-10-3-1-4-11-24)36(44)38-27-18-20-29(21-19-27)41(45)46/h1-23,33H,(H,38,44)(H,39,43)(H,40,42)/b32-22-. The van der Waals surface area contributed by atoms with Gasteiger partial charge in [0.25, 0.3) is 17.5 Å². The molecule has 0 fully saturated rings. The Kier molecular flexibility index (Phi) is 10.5. The molecule has 3 amide bonds.